The maximum atomic E-state index is 11.1. The van der Waals surface area contributed by atoms with Gasteiger partial charge in [-0.05, 0) is 32.0 Å². The van der Waals surface area contributed by atoms with Gasteiger partial charge in [-0.1, -0.05) is 6.07 Å². The number of carbonyl (C=O) groups is 1. The van der Waals surface area contributed by atoms with Crippen LogP contribution in [0.25, 0.3) is 0 Å². The third-order valence-corrected chi connectivity index (χ3v) is 2.23. The molecule has 0 saturated carbocycles. The molecule has 0 bridgehead atoms. The van der Waals surface area contributed by atoms with E-state index in [0.29, 0.717) is 6.54 Å². The van der Waals surface area contributed by atoms with Crippen LogP contribution in [-0.2, 0) is 4.79 Å². The summed E-state index contributed by atoms with van der Waals surface area (Å²) in [6, 6.07) is 5.78. The first-order valence-corrected chi connectivity index (χ1v) is 5.89. The second kappa shape index (κ2) is 8.52. The molecule has 0 aliphatic heterocycles. The Labute approximate surface area is 102 Å². The summed E-state index contributed by atoms with van der Waals surface area (Å²) >= 11 is 0. The van der Waals surface area contributed by atoms with Gasteiger partial charge >= 0.3 is 0 Å². The standard InChI is InChI=1S/C12H20N4O/c1-13-10-12(17)16-9-5-4-8-15-11-6-2-3-7-14-11/h2-3,6-7,13H,4-5,8-10H2,1H3,(H,14,15)(H,16,17). The number of aromatic nitrogens is 1. The van der Waals surface area contributed by atoms with E-state index in [2.05, 4.69) is 20.9 Å². The zero-order valence-corrected chi connectivity index (χ0v) is 10.2. The monoisotopic (exact) mass is 236 g/mol. The van der Waals surface area contributed by atoms with Gasteiger partial charge in [-0.3, -0.25) is 4.79 Å². The number of carbonyl (C=O) groups excluding carboxylic acids is 1. The molecule has 1 aromatic heterocycles. The van der Waals surface area contributed by atoms with Gasteiger partial charge in [0.15, 0.2) is 0 Å². The van der Waals surface area contributed by atoms with Gasteiger partial charge in [0, 0.05) is 19.3 Å². The van der Waals surface area contributed by atoms with Crippen LogP contribution in [-0.4, -0.2) is 37.6 Å². The molecule has 5 heteroatoms. The highest BCUT2D eigenvalue weighted by molar-refractivity contribution is 5.77. The minimum absolute atomic E-state index is 0.0465. The SMILES string of the molecule is CNCC(=O)NCCCCNc1ccccn1. The second-order valence-electron chi connectivity index (χ2n) is 3.73. The predicted molar refractivity (Wildman–Crippen MR) is 68.9 cm³/mol. The molecule has 0 aromatic carbocycles. The third-order valence-electron chi connectivity index (χ3n) is 2.23. The lowest BCUT2D eigenvalue weighted by molar-refractivity contribution is -0.120. The molecule has 5 nitrogen and oxygen atoms in total. The van der Waals surface area contributed by atoms with Gasteiger partial charge in [-0.25, -0.2) is 4.98 Å². The molecule has 0 aliphatic rings. The Hall–Kier alpha value is -1.62. The third kappa shape index (κ3) is 6.52. The highest BCUT2D eigenvalue weighted by atomic mass is 16.1. The molecule has 3 N–H and O–H groups in total. The summed E-state index contributed by atoms with van der Waals surface area (Å²) in [5, 5.41) is 8.87. The Morgan fingerprint density at radius 2 is 2.12 bits per heavy atom. The average molecular weight is 236 g/mol. The van der Waals surface area contributed by atoms with Gasteiger partial charge in [-0.15, -0.1) is 0 Å². The van der Waals surface area contributed by atoms with Crippen LogP contribution in [0.1, 0.15) is 12.8 Å². The predicted octanol–water partition coefficient (Wildman–Crippen LogP) is 0.609. The molecule has 0 atom stereocenters. The van der Waals surface area contributed by atoms with E-state index in [-0.39, 0.29) is 5.91 Å². The summed E-state index contributed by atoms with van der Waals surface area (Å²) < 4.78 is 0. The summed E-state index contributed by atoms with van der Waals surface area (Å²) in [6.45, 7) is 1.98. The molecule has 1 heterocycles. The molecule has 0 unspecified atom stereocenters. The zero-order valence-electron chi connectivity index (χ0n) is 10.2. The fourth-order valence-electron chi connectivity index (χ4n) is 1.38. The first-order valence-electron chi connectivity index (χ1n) is 5.89. The number of nitrogens with zero attached hydrogens (tertiary/aromatic N) is 1. The van der Waals surface area contributed by atoms with Crippen LogP contribution in [0.5, 0.6) is 0 Å². The van der Waals surface area contributed by atoms with Crippen molar-refractivity contribution in [1.82, 2.24) is 15.6 Å². The van der Waals surface area contributed by atoms with E-state index in [4.69, 9.17) is 0 Å². The Kier molecular flexibility index (Phi) is 6.74. The highest BCUT2D eigenvalue weighted by Gasteiger charge is 1.97. The van der Waals surface area contributed by atoms with Crippen LogP contribution in [0.2, 0.25) is 0 Å². The fraction of sp³-hybridized carbons (Fsp3) is 0.500. The van der Waals surface area contributed by atoms with Gasteiger partial charge in [0.2, 0.25) is 5.91 Å². The smallest absolute Gasteiger partial charge is 0.233 e. The first kappa shape index (κ1) is 13.4. The van der Waals surface area contributed by atoms with Gasteiger partial charge in [0.05, 0.1) is 6.54 Å². The number of rotatable bonds is 8. The summed E-state index contributed by atoms with van der Waals surface area (Å²) in [7, 11) is 1.76. The summed E-state index contributed by atoms with van der Waals surface area (Å²) in [5.74, 6) is 0.942. The molecule has 0 aliphatic carbocycles. The largest absolute Gasteiger partial charge is 0.370 e. The number of nitrogens with one attached hydrogen (secondary N) is 3. The van der Waals surface area contributed by atoms with Crippen molar-refractivity contribution >= 4 is 11.7 Å². The first-order chi connectivity index (χ1) is 8.33. The molecule has 0 spiro atoms. The molecule has 17 heavy (non-hydrogen) atoms. The van der Waals surface area contributed by atoms with Gasteiger partial charge < -0.3 is 16.0 Å². The van der Waals surface area contributed by atoms with E-state index in [0.717, 1.165) is 31.7 Å². The maximum Gasteiger partial charge on any atom is 0.233 e. The number of hydrogen-bond donors (Lipinski definition) is 3. The topological polar surface area (TPSA) is 66.1 Å². The van der Waals surface area contributed by atoms with Crippen molar-refractivity contribution in [2.75, 3.05) is 32.0 Å². The average Bonchev–Trinajstić information content (AvgIpc) is 2.35. The van der Waals surface area contributed by atoms with Crippen molar-refractivity contribution in [3.63, 3.8) is 0 Å². The van der Waals surface area contributed by atoms with Crippen LogP contribution >= 0.6 is 0 Å². The molecule has 94 valence electrons. The number of pyridine rings is 1. The number of amides is 1. The molecule has 0 radical (unpaired) electrons. The van der Waals surface area contributed by atoms with Gasteiger partial charge in [0.1, 0.15) is 5.82 Å². The maximum absolute atomic E-state index is 11.1. The molecule has 1 rings (SSSR count). The summed E-state index contributed by atoms with van der Waals surface area (Å²) in [4.78, 5) is 15.3. The van der Waals surface area contributed by atoms with E-state index in [9.17, 15) is 4.79 Å². The Morgan fingerprint density at radius 3 is 2.82 bits per heavy atom. The number of likely N-dealkylation sites (N-methyl/N-ethyl adjacent to an activating group) is 1. The number of anilines is 1. The van der Waals surface area contributed by atoms with Crippen molar-refractivity contribution in [3.05, 3.63) is 24.4 Å². The minimum Gasteiger partial charge on any atom is -0.370 e. The van der Waals surface area contributed by atoms with E-state index in [1.54, 1.807) is 13.2 Å². The van der Waals surface area contributed by atoms with Crippen LogP contribution < -0.4 is 16.0 Å². The van der Waals surface area contributed by atoms with Crippen LogP contribution in [0.3, 0.4) is 0 Å². The molecular formula is C12H20N4O. The van der Waals surface area contributed by atoms with E-state index < -0.39 is 0 Å². The zero-order chi connectivity index (χ0) is 12.3. The lowest BCUT2D eigenvalue weighted by atomic mass is 10.3. The number of hydrogen-bond acceptors (Lipinski definition) is 4. The van der Waals surface area contributed by atoms with Crippen molar-refractivity contribution in [1.29, 1.82) is 0 Å². The van der Waals surface area contributed by atoms with Crippen molar-refractivity contribution in [2.24, 2.45) is 0 Å². The Morgan fingerprint density at radius 1 is 1.29 bits per heavy atom. The molecule has 0 fully saturated rings. The molecular weight excluding hydrogens is 216 g/mol. The lowest BCUT2D eigenvalue weighted by Gasteiger charge is -2.06. The summed E-state index contributed by atoms with van der Waals surface area (Å²) in [5.41, 5.74) is 0. The van der Waals surface area contributed by atoms with Gasteiger partial charge in [-0.2, -0.15) is 0 Å². The quantitative estimate of drug-likeness (QED) is 0.579. The molecule has 1 amide bonds. The Bertz CT molecular complexity index is 316. The molecule has 1 aromatic rings. The summed E-state index contributed by atoms with van der Waals surface area (Å²) in [6.07, 6.45) is 3.74. The lowest BCUT2D eigenvalue weighted by Crippen LogP contribution is -2.32. The normalized spacial score (nSPS) is 9.94. The molecule has 0 saturated heterocycles. The van der Waals surface area contributed by atoms with Crippen molar-refractivity contribution < 1.29 is 4.79 Å². The second-order valence-corrected chi connectivity index (χ2v) is 3.73. The van der Waals surface area contributed by atoms with Crippen LogP contribution in [0.15, 0.2) is 24.4 Å². The van der Waals surface area contributed by atoms with Crippen LogP contribution in [0, 0.1) is 0 Å². The van der Waals surface area contributed by atoms with Crippen LogP contribution in [0.4, 0.5) is 5.82 Å². The van der Waals surface area contributed by atoms with E-state index in [1.165, 1.54) is 0 Å². The minimum atomic E-state index is 0.0465. The number of unbranched alkanes of at least 4 members (excludes halogenated alkanes) is 1. The van der Waals surface area contributed by atoms with Crippen molar-refractivity contribution in [2.45, 2.75) is 12.8 Å². The fourth-order valence-corrected chi connectivity index (χ4v) is 1.38. The van der Waals surface area contributed by atoms with E-state index in [1.807, 2.05) is 18.2 Å². The Balaban J connectivity index is 1.96. The highest BCUT2D eigenvalue weighted by Crippen LogP contribution is 1.99. The van der Waals surface area contributed by atoms with Gasteiger partial charge in [0.25, 0.3) is 0 Å². The van der Waals surface area contributed by atoms with Crippen molar-refractivity contribution in [3.8, 4) is 0 Å². The van der Waals surface area contributed by atoms with E-state index >= 15 is 0 Å².